The minimum absolute atomic E-state index is 0.474. The van der Waals surface area contributed by atoms with E-state index in [1.165, 1.54) is 0 Å². The second kappa shape index (κ2) is 3.87. The third-order valence-corrected chi connectivity index (χ3v) is 2.85. The van der Waals surface area contributed by atoms with Crippen LogP contribution in [0.3, 0.4) is 0 Å². The Morgan fingerprint density at radius 1 is 1.33 bits per heavy atom. The Bertz CT molecular complexity index is 451. The SMILES string of the molecule is CC1=NC(C(=S)S)(c2ccccc2)N=C1. The van der Waals surface area contributed by atoms with E-state index in [0.717, 1.165) is 11.3 Å². The van der Waals surface area contributed by atoms with Gasteiger partial charge in [-0.3, -0.25) is 4.99 Å². The quantitative estimate of drug-likeness (QED) is 0.617. The standard InChI is InChI=1S/C11H10N2S2/c1-8-7-12-11(13-8,10(14)15)9-5-3-2-4-6-9/h2-7H,1H3,(H,14,15). The molecule has 0 aliphatic carbocycles. The van der Waals surface area contributed by atoms with Gasteiger partial charge >= 0.3 is 0 Å². The van der Waals surface area contributed by atoms with Crippen molar-refractivity contribution in [1.82, 2.24) is 0 Å². The largest absolute Gasteiger partial charge is 0.251 e. The molecule has 1 atom stereocenters. The fourth-order valence-electron chi connectivity index (χ4n) is 1.54. The maximum atomic E-state index is 5.15. The van der Waals surface area contributed by atoms with E-state index < -0.39 is 5.66 Å². The minimum atomic E-state index is -0.788. The fourth-order valence-corrected chi connectivity index (χ4v) is 1.99. The normalized spacial score (nSPS) is 24.0. The van der Waals surface area contributed by atoms with Gasteiger partial charge in [0.15, 0.2) is 0 Å². The van der Waals surface area contributed by atoms with Crippen molar-refractivity contribution in [3.8, 4) is 0 Å². The zero-order valence-electron chi connectivity index (χ0n) is 8.21. The maximum Gasteiger partial charge on any atom is 0.217 e. The molecule has 2 rings (SSSR count). The Kier molecular flexibility index (Phi) is 2.71. The van der Waals surface area contributed by atoms with Crippen molar-refractivity contribution < 1.29 is 0 Å². The molecule has 1 aromatic carbocycles. The number of rotatable bonds is 2. The van der Waals surface area contributed by atoms with Crippen molar-refractivity contribution in [1.29, 1.82) is 0 Å². The first-order chi connectivity index (χ1) is 7.15. The highest BCUT2D eigenvalue weighted by Gasteiger charge is 2.36. The van der Waals surface area contributed by atoms with Crippen LogP contribution in [0.4, 0.5) is 0 Å². The lowest BCUT2D eigenvalue weighted by Gasteiger charge is -2.21. The number of hydrogen-bond donors (Lipinski definition) is 1. The molecule has 0 amide bonds. The molecule has 0 saturated heterocycles. The molecular weight excluding hydrogens is 224 g/mol. The number of thiol groups is 1. The molecule has 0 bridgehead atoms. The predicted octanol–water partition coefficient (Wildman–Crippen LogP) is 2.64. The zero-order valence-corrected chi connectivity index (χ0v) is 9.92. The van der Waals surface area contributed by atoms with Gasteiger partial charge in [0.2, 0.25) is 5.66 Å². The molecule has 4 heteroatoms. The monoisotopic (exact) mass is 234 g/mol. The highest BCUT2D eigenvalue weighted by molar-refractivity contribution is 8.11. The van der Waals surface area contributed by atoms with Gasteiger partial charge in [-0.25, -0.2) is 4.99 Å². The number of thiocarbonyl (C=S) groups is 1. The van der Waals surface area contributed by atoms with Crippen molar-refractivity contribution in [2.75, 3.05) is 0 Å². The summed E-state index contributed by atoms with van der Waals surface area (Å²) in [4.78, 5) is 8.84. The average Bonchev–Trinajstić information content (AvgIpc) is 2.63. The summed E-state index contributed by atoms with van der Waals surface area (Å²) in [6.45, 7) is 1.90. The summed E-state index contributed by atoms with van der Waals surface area (Å²) in [6.07, 6.45) is 1.73. The second-order valence-corrected chi connectivity index (χ2v) is 4.51. The third kappa shape index (κ3) is 1.75. The summed E-state index contributed by atoms with van der Waals surface area (Å²) >= 11 is 9.39. The van der Waals surface area contributed by atoms with Crippen molar-refractivity contribution in [3.05, 3.63) is 35.9 Å². The lowest BCUT2D eigenvalue weighted by atomic mass is 10.0. The van der Waals surface area contributed by atoms with E-state index in [9.17, 15) is 0 Å². The molecule has 1 aliphatic heterocycles. The van der Waals surface area contributed by atoms with Crippen LogP contribution in [0.5, 0.6) is 0 Å². The van der Waals surface area contributed by atoms with Gasteiger partial charge in [-0.05, 0) is 6.92 Å². The molecule has 0 aromatic heterocycles. The topological polar surface area (TPSA) is 24.7 Å². The van der Waals surface area contributed by atoms with E-state index >= 15 is 0 Å². The molecule has 1 heterocycles. The van der Waals surface area contributed by atoms with Crippen LogP contribution in [0.25, 0.3) is 0 Å². The molecule has 0 fully saturated rings. The first-order valence-corrected chi connectivity index (χ1v) is 5.41. The Hall–Kier alpha value is -1.00. The number of benzene rings is 1. The Labute approximate surface area is 99.6 Å². The Balaban J connectivity index is 2.56. The Morgan fingerprint density at radius 3 is 2.47 bits per heavy atom. The number of hydrogen-bond acceptors (Lipinski definition) is 3. The minimum Gasteiger partial charge on any atom is -0.251 e. The average molecular weight is 234 g/mol. The van der Waals surface area contributed by atoms with Crippen LogP contribution < -0.4 is 0 Å². The number of nitrogens with zero attached hydrogens (tertiary/aromatic N) is 2. The summed E-state index contributed by atoms with van der Waals surface area (Å²) in [5.41, 5.74) is 1.04. The van der Waals surface area contributed by atoms with Crippen molar-refractivity contribution in [3.63, 3.8) is 0 Å². The summed E-state index contributed by atoms with van der Waals surface area (Å²) in [5.74, 6) is 0. The van der Waals surface area contributed by atoms with Gasteiger partial charge in [-0.1, -0.05) is 42.5 Å². The van der Waals surface area contributed by atoms with Gasteiger partial charge in [0, 0.05) is 11.8 Å². The van der Waals surface area contributed by atoms with E-state index in [0.29, 0.717) is 4.20 Å². The second-order valence-electron chi connectivity index (χ2n) is 3.35. The van der Waals surface area contributed by atoms with Crippen LogP contribution in [0.15, 0.2) is 40.3 Å². The highest BCUT2D eigenvalue weighted by Crippen LogP contribution is 2.33. The van der Waals surface area contributed by atoms with Crippen LogP contribution >= 0.6 is 24.8 Å². The van der Waals surface area contributed by atoms with E-state index in [1.54, 1.807) is 6.21 Å². The van der Waals surface area contributed by atoms with Gasteiger partial charge in [0.25, 0.3) is 0 Å². The number of aliphatic imine (C=N–C) groups is 2. The molecule has 1 aliphatic rings. The van der Waals surface area contributed by atoms with Gasteiger partial charge in [0.05, 0.1) is 9.91 Å². The molecular formula is C11H10N2S2. The molecule has 2 nitrogen and oxygen atoms in total. The molecule has 1 aromatic rings. The van der Waals surface area contributed by atoms with Gasteiger partial charge in [-0.2, -0.15) is 0 Å². The first kappa shape index (κ1) is 10.5. The zero-order chi connectivity index (χ0) is 10.9. The van der Waals surface area contributed by atoms with E-state index in [1.807, 2.05) is 37.3 Å². The molecule has 0 spiro atoms. The lowest BCUT2D eigenvalue weighted by Crippen LogP contribution is -2.25. The molecule has 0 saturated carbocycles. The van der Waals surface area contributed by atoms with Crippen LogP contribution in [0.1, 0.15) is 12.5 Å². The lowest BCUT2D eigenvalue weighted by molar-refractivity contribution is 0.680. The third-order valence-electron chi connectivity index (χ3n) is 2.25. The molecule has 0 N–H and O–H groups in total. The van der Waals surface area contributed by atoms with Gasteiger partial charge in [0.1, 0.15) is 0 Å². The van der Waals surface area contributed by atoms with Crippen LogP contribution in [0, 0.1) is 0 Å². The van der Waals surface area contributed by atoms with E-state index in [4.69, 9.17) is 12.2 Å². The van der Waals surface area contributed by atoms with Gasteiger partial charge in [-0.15, -0.1) is 12.6 Å². The smallest absolute Gasteiger partial charge is 0.217 e. The van der Waals surface area contributed by atoms with E-state index in [-0.39, 0.29) is 0 Å². The van der Waals surface area contributed by atoms with Crippen molar-refractivity contribution in [2.45, 2.75) is 12.6 Å². The summed E-state index contributed by atoms with van der Waals surface area (Å²) in [7, 11) is 0. The Morgan fingerprint density at radius 2 is 2.00 bits per heavy atom. The van der Waals surface area contributed by atoms with E-state index in [2.05, 4.69) is 22.6 Å². The molecule has 76 valence electrons. The van der Waals surface area contributed by atoms with Crippen LogP contribution in [-0.4, -0.2) is 16.1 Å². The van der Waals surface area contributed by atoms with Crippen molar-refractivity contribution in [2.24, 2.45) is 9.98 Å². The predicted molar refractivity (Wildman–Crippen MR) is 71.3 cm³/mol. The van der Waals surface area contributed by atoms with Crippen LogP contribution in [0.2, 0.25) is 0 Å². The molecule has 1 unspecified atom stereocenters. The summed E-state index contributed by atoms with van der Waals surface area (Å²) < 4.78 is 0.474. The van der Waals surface area contributed by atoms with Gasteiger partial charge < -0.3 is 0 Å². The molecule has 15 heavy (non-hydrogen) atoms. The fraction of sp³-hybridized carbons (Fsp3) is 0.182. The first-order valence-electron chi connectivity index (χ1n) is 4.56. The maximum absolute atomic E-state index is 5.15. The highest BCUT2D eigenvalue weighted by atomic mass is 32.1. The van der Waals surface area contributed by atoms with Crippen LogP contribution in [-0.2, 0) is 5.66 Å². The van der Waals surface area contributed by atoms with Crippen molar-refractivity contribution >= 4 is 41.0 Å². The summed E-state index contributed by atoms with van der Waals surface area (Å²) in [5, 5.41) is 0. The molecule has 0 radical (unpaired) electrons. The summed E-state index contributed by atoms with van der Waals surface area (Å²) in [6, 6.07) is 9.77.